The normalized spacial score (nSPS) is 23.7. The zero-order chi connectivity index (χ0) is 20.6. The second-order valence-electron chi connectivity index (χ2n) is 8.18. The van der Waals surface area contributed by atoms with Gasteiger partial charge in [-0.15, -0.1) is 0 Å². The smallest absolute Gasteiger partial charge is 0.163 e. The number of hydrogen-bond acceptors (Lipinski definition) is 4. The Bertz CT molecular complexity index is 1100. The van der Waals surface area contributed by atoms with E-state index in [9.17, 15) is 13.5 Å². The number of rotatable bonds is 6. The second kappa shape index (κ2) is 7.96. The molecule has 0 amide bonds. The lowest BCUT2D eigenvalue weighted by Gasteiger charge is -2.14. The third-order valence-corrected chi connectivity index (χ3v) is 8.06. The fourth-order valence-electron chi connectivity index (χ4n) is 4.66. The molecule has 2 aliphatic rings. The summed E-state index contributed by atoms with van der Waals surface area (Å²) in [6.07, 6.45) is 5.52. The van der Waals surface area contributed by atoms with Crippen LogP contribution in [-0.4, -0.2) is 37.2 Å². The van der Waals surface area contributed by atoms with Gasteiger partial charge in [-0.3, -0.25) is 0 Å². The first kappa shape index (κ1) is 20.2. The van der Waals surface area contributed by atoms with Crippen LogP contribution in [0.4, 0.5) is 0 Å². The van der Waals surface area contributed by atoms with Crippen LogP contribution >= 0.6 is 0 Å². The molecule has 154 valence electrons. The lowest BCUT2D eigenvalue weighted by molar-refractivity contribution is 0.117. The van der Waals surface area contributed by atoms with Gasteiger partial charge in [-0.05, 0) is 48.8 Å². The molecule has 0 unspecified atom stereocenters. The lowest BCUT2D eigenvalue weighted by Crippen LogP contribution is -2.19. The molecule has 0 aromatic heterocycles. The average molecular weight is 413 g/mol. The number of hydrogen-bond donors (Lipinski definition) is 1. The van der Waals surface area contributed by atoms with E-state index < -0.39 is 15.1 Å². The van der Waals surface area contributed by atoms with Gasteiger partial charge in [0.25, 0.3) is 0 Å². The van der Waals surface area contributed by atoms with Crippen LogP contribution in [0.25, 0.3) is 16.8 Å². The topological polar surface area (TPSA) is 63.6 Å². The van der Waals surface area contributed by atoms with Gasteiger partial charge in [0.1, 0.15) is 11.0 Å². The van der Waals surface area contributed by atoms with Crippen LogP contribution in [0, 0.1) is 0 Å². The van der Waals surface area contributed by atoms with Crippen molar-refractivity contribution in [3.05, 3.63) is 58.7 Å². The third kappa shape index (κ3) is 3.86. The highest BCUT2D eigenvalue weighted by Gasteiger charge is 2.46. The van der Waals surface area contributed by atoms with E-state index in [0.29, 0.717) is 12.4 Å². The van der Waals surface area contributed by atoms with Crippen LogP contribution in [0.15, 0.2) is 53.1 Å². The molecule has 0 saturated carbocycles. The Morgan fingerprint density at radius 2 is 1.97 bits per heavy atom. The Balaban J connectivity index is 1.53. The zero-order valence-corrected chi connectivity index (χ0v) is 17.8. The molecule has 2 atom stereocenters. The fraction of sp³-hybridized carbons (Fsp3) is 0.417. The van der Waals surface area contributed by atoms with Crippen molar-refractivity contribution < 1.29 is 18.3 Å². The highest BCUT2D eigenvalue weighted by molar-refractivity contribution is 7.92. The number of aromatic hydroxyl groups is 1. The van der Waals surface area contributed by atoms with Gasteiger partial charge in [0, 0.05) is 5.39 Å². The number of benzene rings is 2. The largest absolute Gasteiger partial charge is 0.507 e. The maximum Gasteiger partial charge on any atom is 0.163 e. The van der Waals surface area contributed by atoms with Crippen LogP contribution in [0.2, 0.25) is 0 Å². The molecule has 1 fully saturated rings. The van der Waals surface area contributed by atoms with Crippen molar-refractivity contribution in [3.63, 3.8) is 0 Å². The van der Waals surface area contributed by atoms with Gasteiger partial charge in [-0.25, -0.2) is 8.42 Å². The minimum atomic E-state index is -3.08. The van der Waals surface area contributed by atoms with Gasteiger partial charge < -0.3 is 9.84 Å². The monoisotopic (exact) mass is 412 g/mol. The highest BCUT2D eigenvalue weighted by Crippen LogP contribution is 2.40. The quantitative estimate of drug-likeness (QED) is 0.677. The Kier molecular flexibility index (Phi) is 5.54. The van der Waals surface area contributed by atoms with E-state index in [0.717, 1.165) is 53.2 Å². The van der Waals surface area contributed by atoms with Crippen molar-refractivity contribution in [1.29, 1.82) is 0 Å². The minimum absolute atomic E-state index is 0.0845. The molecule has 0 bridgehead atoms. The van der Waals surface area contributed by atoms with Gasteiger partial charge in [0.15, 0.2) is 9.84 Å². The first-order chi connectivity index (χ1) is 13.9. The van der Waals surface area contributed by atoms with Crippen molar-refractivity contribution in [1.82, 2.24) is 0 Å². The summed E-state index contributed by atoms with van der Waals surface area (Å²) >= 11 is 0. The van der Waals surface area contributed by atoms with E-state index in [2.05, 4.69) is 19.9 Å². The predicted octanol–water partition coefficient (Wildman–Crippen LogP) is 5.02. The Labute approximate surface area is 172 Å². The first-order valence-corrected chi connectivity index (χ1v) is 12.0. The Morgan fingerprint density at radius 1 is 1.21 bits per heavy atom. The van der Waals surface area contributed by atoms with Gasteiger partial charge in [0.05, 0.1) is 18.5 Å². The van der Waals surface area contributed by atoms with E-state index in [1.54, 1.807) is 6.07 Å². The molecule has 0 spiro atoms. The van der Waals surface area contributed by atoms with Crippen molar-refractivity contribution in [2.45, 2.75) is 50.9 Å². The number of phenolic OH excluding ortho intramolecular Hbond substituents is 1. The third-order valence-electron chi connectivity index (χ3n) is 6.05. The molecule has 2 heterocycles. The van der Waals surface area contributed by atoms with Crippen LogP contribution in [-0.2, 0) is 14.6 Å². The van der Waals surface area contributed by atoms with E-state index in [1.807, 2.05) is 30.3 Å². The molecule has 4 rings (SSSR count). The maximum absolute atomic E-state index is 12.5. The predicted molar refractivity (Wildman–Crippen MR) is 118 cm³/mol. The van der Waals surface area contributed by atoms with Crippen LogP contribution in [0.1, 0.15) is 45.1 Å². The SMILES string of the molecule is CCCC1=C2[C@@H](CC/C(C)=C/c3ccc(O)c4ccccc34)OC[C@@H]2S(=O)(=O)C1. The number of ether oxygens (including phenoxy) is 1. The Morgan fingerprint density at radius 3 is 2.72 bits per heavy atom. The molecule has 1 N–H and O–H groups in total. The standard InChI is InChI=1S/C24H28O4S/c1-3-6-18-15-29(26,27)23-14-28-22(24(18)23)12-9-16(2)13-17-10-11-21(25)20-8-5-4-7-19(17)20/h4-5,7-8,10-11,13,22-23,25H,3,6,9,12,14-15H2,1-2H3/b16-13+/t22-,23+/m1/s1. The van der Waals surface area contributed by atoms with Gasteiger partial charge >= 0.3 is 0 Å². The molecule has 0 aliphatic carbocycles. The van der Waals surface area contributed by atoms with E-state index in [1.165, 1.54) is 5.57 Å². The van der Waals surface area contributed by atoms with Crippen molar-refractivity contribution in [2.75, 3.05) is 12.4 Å². The summed E-state index contributed by atoms with van der Waals surface area (Å²) < 4.78 is 30.8. The summed E-state index contributed by atoms with van der Waals surface area (Å²) in [4.78, 5) is 0. The molecule has 1 saturated heterocycles. The highest BCUT2D eigenvalue weighted by atomic mass is 32.2. The second-order valence-corrected chi connectivity index (χ2v) is 10.4. The van der Waals surface area contributed by atoms with E-state index in [-0.39, 0.29) is 11.9 Å². The molecule has 0 radical (unpaired) electrons. The molecule has 5 heteroatoms. The summed E-state index contributed by atoms with van der Waals surface area (Å²) in [7, 11) is -3.08. The summed E-state index contributed by atoms with van der Waals surface area (Å²) in [5.41, 5.74) is 4.43. The van der Waals surface area contributed by atoms with Crippen molar-refractivity contribution in [2.24, 2.45) is 0 Å². The van der Waals surface area contributed by atoms with E-state index >= 15 is 0 Å². The summed E-state index contributed by atoms with van der Waals surface area (Å²) in [6.45, 7) is 4.49. The molecule has 4 nitrogen and oxygen atoms in total. The van der Waals surface area contributed by atoms with Gasteiger partial charge in [-0.1, -0.05) is 60.9 Å². The zero-order valence-electron chi connectivity index (χ0n) is 17.0. The average Bonchev–Trinajstić information content (AvgIpc) is 3.23. The fourth-order valence-corrected chi connectivity index (χ4v) is 6.64. The van der Waals surface area contributed by atoms with E-state index in [4.69, 9.17) is 4.74 Å². The molecular formula is C24H28O4S. The number of phenols is 1. The molecule has 2 aromatic rings. The summed E-state index contributed by atoms with van der Waals surface area (Å²) in [5, 5.41) is 11.5. The molecule has 29 heavy (non-hydrogen) atoms. The molecular weight excluding hydrogens is 384 g/mol. The van der Waals surface area contributed by atoms with Crippen LogP contribution in [0.5, 0.6) is 5.75 Å². The number of sulfone groups is 1. The summed E-state index contributed by atoms with van der Waals surface area (Å²) in [6, 6.07) is 11.5. The maximum atomic E-state index is 12.5. The minimum Gasteiger partial charge on any atom is -0.507 e. The van der Waals surface area contributed by atoms with Crippen LogP contribution in [0.3, 0.4) is 0 Å². The molecule has 2 aliphatic heterocycles. The first-order valence-electron chi connectivity index (χ1n) is 10.3. The number of allylic oxidation sites excluding steroid dienone is 1. The Hall–Kier alpha value is -2.11. The van der Waals surface area contributed by atoms with Gasteiger partial charge in [0.2, 0.25) is 0 Å². The van der Waals surface area contributed by atoms with Crippen LogP contribution < -0.4 is 0 Å². The van der Waals surface area contributed by atoms with Crippen molar-refractivity contribution >= 4 is 26.7 Å². The molecule has 2 aromatic carbocycles. The van der Waals surface area contributed by atoms with Crippen molar-refractivity contribution in [3.8, 4) is 5.75 Å². The lowest BCUT2D eigenvalue weighted by atomic mass is 9.95. The number of fused-ring (bicyclic) bond motifs is 2. The summed E-state index contributed by atoms with van der Waals surface area (Å²) in [5.74, 6) is 0.508. The van der Waals surface area contributed by atoms with Gasteiger partial charge in [-0.2, -0.15) is 0 Å².